The Morgan fingerprint density at radius 3 is 3.14 bits per heavy atom. The van der Waals surface area contributed by atoms with Gasteiger partial charge in [-0.25, -0.2) is 4.98 Å². The second-order valence-electron chi connectivity index (χ2n) is 3.26. The largest absolute Gasteiger partial charge is 0.303 e. The van der Waals surface area contributed by atoms with Gasteiger partial charge < -0.3 is 4.40 Å². The molecule has 0 aliphatic rings. The number of aromatic nitrogens is 2. The lowest BCUT2D eigenvalue weighted by atomic mass is 10.2. The van der Waals surface area contributed by atoms with E-state index < -0.39 is 0 Å². The molecule has 0 aliphatic heterocycles. The third-order valence-corrected chi connectivity index (χ3v) is 2.28. The Hall–Kier alpha value is -1.64. The van der Waals surface area contributed by atoms with Gasteiger partial charge in [0.2, 0.25) is 0 Å². The fourth-order valence-electron chi connectivity index (χ4n) is 1.61. The maximum atomic E-state index is 10.7. The maximum Gasteiger partial charge on any atom is 0.152 e. The molecule has 0 aromatic carbocycles. The molecule has 0 bridgehead atoms. The molecule has 0 amide bonds. The molecular weight excluding hydrogens is 176 g/mol. The van der Waals surface area contributed by atoms with Crippen LogP contribution in [0, 0.1) is 0 Å². The van der Waals surface area contributed by atoms with Crippen molar-refractivity contribution in [2.45, 2.75) is 19.8 Å². The first-order valence-corrected chi connectivity index (χ1v) is 4.77. The van der Waals surface area contributed by atoms with Gasteiger partial charge >= 0.3 is 0 Å². The predicted molar refractivity (Wildman–Crippen MR) is 54.6 cm³/mol. The third-order valence-electron chi connectivity index (χ3n) is 2.28. The van der Waals surface area contributed by atoms with Gasteiger partial charge in [0, 0.05) is 18.2 Å². The summed E-state index contributed by atoms with van der Waals surface area (Å²) in [5.74, 6) is 1.02. The summed E-state index contributed by atoms with van der Waals surface area (Å²) in [7, 11) is 0. The maximum absolute atomic E-state index is 10.7. The lowest BCUT2D eigenvalue weighted by Crippen LogP contribution is -1.95. The molecular formula is C11H12N2O. The molecule has 0 saturated heterocycles. The zero-order valence-electron chi connectivity index (χ0n) is 8.10. The first kappa shape index (κ1) is 8.94. The first-order chi connectivity index (χ1) is 6.86. The van der Waals surface area contributed by atoms with E-state index in [-0.39, 0.29) is 0 Å². The van der Waals surface area contributed by atoms with Crippen molar-refractivity contribution in [1.29, 1.82) is 0 Å². The van der Waals surface area contributed by atoms with Gasteiger partial charge in [0.15, 0.2) is 6.29 Å². The van der Waals surface area contributed by atoms with Crippen LogP contribution in [-0.2, 0) is 6.42 Å². The van der Waals surface area contributed by atoms with Crippen LogP contribution in [0.5, 0.6) is 0 Å². The van der Waals surface area contributed by atoms with Crippen molar-refractivity contribution in [3.8, 4) is 0 Å². The van der Waals surface area contributed by atoms with E-state index in [1.54, 1.807) is 12.3 Å². The minimum atomic E-state index is 0.697. The number of aryl methyl sites for hydroxylation is 1. The summed E-state index contributed by atoms with van der Waals surface area (Å²) in [5, 5.41) is 0. The quantitative estimate of drug-likeness (QED) is 0.691. The second kappa shape index (κ2) is 3.62. The molecule has 2 heterocycles. The van der Waals surface area contributed by atoms with Gasteiger partial charge in [-0.05, 0) is 18.6 Å². The van der Waals surface area contributed by atoms with Gasteiger partial charge in [-0.15, -0.1) is 0 Å². The number of aldehydes is 1. The molecule has 0 spiro atoms. The minimum Gasteiger partial charge on any atom is -0.303 e. The topological polar surface area (TPSA) is 34.4 Å². The lowest BCUT2D eigenvalue weighted by molar-refractivity contribution is 0.112. The number of imidazole rings is 1. The Bertz CT molecular complexity index is 459. The normalized spacial score (nSPS) is 10.6. The van der Waals surface area contributed by atoms with Crippen LogP contribution in [-0.4, -0.2) is 15.7 Å². The molecule has 0 aliphatic carbocycles. The number of nitrogens with zero attached hydrogens (tertiary/aromatic N) is 2. The predicted octanol–water partition coefficient (Wildman–Crippen LogP) is 2.10. The van der Waals surface area contributed by atoms with Gasteiger partial charge in [-0.2, -0.15) is 0 Å². The van der Waals surface area contributed by atoms with E-state index >= 15 is 0 Å². The molecule has 72 valence electrons. The van der Waals surface area contributed by atoms with Crippen LogP contribution in [0.4, 0.5) is 0 Å². The van der Waals surface area contributed by atoms with Crippen LogP contribution in [0.15, 0.2) is 24.5 Å². The minimum absolute atomic E-state index is 0.697. The highest BCUT2D eigenvalue weighted by Gasteiger charge is 2.04. The van der Waals surface area contributed by atoms with Crippen LogP contribution in [0.1, 0.15) is 29.5 Å². The molecule has 2 aromatic heterocycles. The van der Waals surface area contributed by atoms with Crippen molar-refractivity contribution in [2.24, 2.45) is 0 Å². The second-order valence-corrected chi connectivity index (χ2v) is 3.26. The van der Waals surface area contributed by atoms with Gasteiger partial charge in [0.05, 0.1) is 11.7 Å². The van der Waals surface area contributed by atoms with Gasteiger partial charge in [0.25, 0.3) is 0 Å². The molecule has 0 N–H and O–H groups in total. The zero-order valence-corrected chi connectivity index (χ0v) is 8.10. The number of carbonyl (C=O) groups excluding carboxylic acids is 1. The summed E-state index contributed by atoms with van der Waals surface area (Å²) in [6, 6.07) is 3.68. The summed E-state index contributed by atoms with van der Waals surface area (Å²) in [4.78, 5) is 15.0. The van der Waals surface area contributed by atoms with Crippen molar-refractivity contribution in [3.05, 3.63) is 35.9 Å². The van der Waals surface area contributed by atoms with Crippen molar-refractivity contribution in [2.75, 3.05) is 0 Å². The fourth-order valence-corrected chi connectivity index (χ4v) is 1.61. The van der Waals surface area contributed by atoms with Crippen molar-refractivity contribution in [1.82, 2.24) is 9.38 Å². The van der Waals surface area contributed by atoms with E-state index in [1.165, 1.54) is 0 Å². The summed E-state index contributed by atoms with van der Waals surface area (Å²) in [6.07, 6.45) is 6.57. The summed E-state index contributed by atoms with van der Waals surface area (Å²) in [5.41, 5.74) is 1.59. The Morgan fingerprint density at radius 2 is 2.43 bits per heavy atom. The van der Waals surface area contributed by atoms with E-state index in [0.29, 0.717) is 5.56 Å². The molecule has 0 radical (unpaired) electrons. The van der Waals surface area contributed by atoms with Crippen molar-refractivity contribution in [3.63, 3.8) is 0 Å². The number of carbonyl (C=O) groups is 1. The van der Waals surface area contributed by atoms with Gasteiger partial charge in [0.1, 0.15) is 5.82 Å². The van der Waals surface area contributed by atoms with Crippen LogP contribution < -0.4 is 0 Å². The number of fused-ring (bicyclic) bond motifs is 1. The Kier molecular flexibility index (Phi) is 2.31. The number of pyridine rings is 1. The smallest absolute Gasteiger partial charge is 0.152 e. The van der Waals surface area contributed by atoms with E-state index in [1.807, 2.05) is 16.7 Å². The average molecular weight is 188 g/mol. The molecule has 0 fully saturated rings. The highest BCUT2D eigenvalue weighted by molar-refractivity contribution is 5.85. The molecule has 3 heteroatoms. The highest BCUT2D eigenvalue weighted by Crippen LogP contribution is 2.11. The standard InChI is InChI=1S/C11H12N2O/c1-2-4-11-12-7-10-9(8-14)5-3-6-13(10)11/h3,5-8H,2,4H2,1H3. The number of rotatable bonds is 3. The summed E-state index contributed by atoms with van der Waals surface area (Å²) >= 11 is 0. The van der Waals surface area contributed by atoms with E-state index in [4.69, 9.17) is 0 Å². The van der Waals surface area contributed by atoms with Gasteiger partial charge in [-0.3, -0.25) is 4.79 Å². The van der Waals surface area contributed by atoms with Gasteiger partial charge in [-0.1, -0.05) is 6.92 Å². The summed E-state index contributed by atoms with van der Waals surface area (Å²) < 4.78 is 1.98. The van der Waals surface area contributed by atoms with Crippen LogP contribution >= 0.6 is 0 Å². The SMILES string of the molecule is CCCc1ncc2c(C=O)cccn12. The summed E-state index contributed by atoms with van der Waals surface area (Å²) in [6.45, 7) is 2.12. The first-order valence-electron chi connectivity index (χ1n) is 4.77. The molecule has 0 unspecified atom stereocenters. The monoisotopic (exact) mass is 188 g/mol. The van der Waals surface area contributed by atoms with E-state index in [2.05, 4.69) is 11.9 Å². The molecule has 2 aromatic rings. The lowest BCUT2D eigenvalue weighted by Gasteiger charge is -1.99. The molecule has 0 saturated carbocycles. The highest BCUT2D eigenvalue weighted by atomic mass is 16.1. The molecule has 14 heavy (non-hydrogen) atoms. The van der Waals surface area contributed by atoms with Crippen LogP contribution in [0.25, 0.3) is 5.52 Å². The Morgan fingerprint density at radius 1 is 1.57 bits per heavy atom. The molecule has 2 rings (SSSR count). The zero-order chi connectivity index (χ0) is 9.97. The Labute approximate surface area is 82.4 Å². The number of hydrogen-bond acceptors (Lipinski definition) is 2. The van der Waals surface area contributed by atoms with Crippen LogP contribution in [0.2, 0.25) is 0 Å². The van der Waals surface area contributed by atoms with Crippen LogP contribution in [0.3, 0.4) is 0 Å². The number of hydrogen-bond donors (Lipinski definition) is 0. The Balaban J connectivity index is 2.63. The van der Waals surface area contributed by atoms with Crippen molar-refractivity contribution < 1.29 is 4.79 Å². The van der Waals surface area contributed by atoms with E-state index in [0.717, 1.165) is 30.5 Å². The average Bonchev–Trinajstić information content (AvgIpc) is 2.62. The molecule has 0 atom stereocenters. The van der Waals surface area contributed by atoms with Crippen molar-refractivity contribution >= 4 is 11.8 Å². The fraction of sp³-hybridized carbons (Fsp3) is 0.273. The third kappa shape index (κ3) is 1.31. The molecule has 3 nitrogen and oxygen atoms in total. The van der Waals surface area contributed by atoms with E-state index in [9.17, 15) is 4.79 Å².